The standard InChI is InChI=1S/C16H32O/c1-10(2)13-14(11(3)4)17-16(13,12(5)6)15(7,8)9/h10-14H,1-9H3. The summed E-state index contributed by atoms with van der Waals surface area (Å²) in [5.41, 5.74) is 0.262. The molecule has 1 aliphatic heterocycles. The van der Waals surface area contributed by atoms with Gasteiger partial charge in [0.05, 0.1) is 11.7 Å². The lowest BCUT2D eigenvalue weighted by Gasteiger charge is -2.66. The van der Waals surface area contributed by atoms with Crippen molar-refractivity contribution in [3.63, 3.8) is 0 Å². The molecular formula is C16H32O. The van der Waals surface area contributed by atoms with Crippen molar-refractivity contribution in [3.8, 4) is 0 Å². The minimum absolute atomic E-state index is 0.0517. The molecule has 0 radical (unpaired) electrons. The zero-order chi connectivity index (χ0) is 13.6. The van der Waals surface area contributed by atoms with E-state index in [0.717, 1.165) is 0 Å². The molecule has 3 atom stereocenters. The van der Waals surface area contributed by atoms with Crippen molar-refractivity contribution in [1.29, 1.82) is 0 Å². The van der Waals surface area contributed by atoms with Crippen LogP contribution in [0.2, 0.25) is 0 Å². The maximum atomic E-state index is 6.49. The van der Waals surface area contributed by atoms with E-state index in [2.05, 4.69) is 62.3 Å². The Morgan fingerprint density at radius 3 is 1.59 bits per heavy atom. The van der Waals surface area contributed by atoms with E-state index in [0.29, 0.717) is 29.8 Å². The van der Waals surface area contributed by atoms with Gasteiger partial charge < -0.3 is 4.74 Å². The molecule has 0 bridgehead atoms. The van der Waals surface area contributed by atoms with E-state index in [1.807, 2.05) is 0 Å². The molecule has 1 heterocycles. The van der Waals surface area contributed by atoms with E-state index >= 15 is 0 Å². The van der Waals surface area contributed by atoms with Crippen molar-refractivity contribution in [3.05, 3.63) is 0 Å². The second-order valence-corrected chi connectivity index (χ2v) is 7.79. The Morgan fingerprint density at radius 2 is 1.35 bits per heavy atom. The molecule has 17 heavy (non-hydrogen) atoms. The second-order valence-electron chi connectivity index (χ2n) is 7.79. The van der Waals surface area contributed by atoms with Crippen LogP contribution in [0.5, 0.6) is 0 Å². The largest absolute Gasteiger partial charge is 0.370 e. The molecule has 0 saturated carbocycles. The maximum absolute atomic E-state index is 6.49. The van der Waals surface area contributed by atoms with Gasteiger partial charge in [0.2, 0.25) is 0 Å². The number of rotatable bonds is 3. The van der Waals surface area contributed by atoms with Gasteiger partial charge in [-0.3, -0.25) is 0 Å². The van der Waals surface area contributed by atoms with Gasteiger partial charge in [-0.25, -0.2) is 0 Å². The van der Waals surface area contributed by atoms with Crippen LogP contribution >= 0.6 is 0 Å². The van der Waals surface area contributed by atoms with Gasteiger partial charge >= 0.3 is 0 Å². The summed E-state index contributed by atoms with van der Waals surface area (Å²) in [7, 11) is 0. The minimum atomic E-state index is 0.0517. The van der Waals surface area contributed by atoms with Crippen LogP contribution in [-0.2, 0) is 4.74 Å². The molecular weight excluding hydrogens is 208 g/mol. The average molecular weight is 240 g/mol. The molecule has 1 nitrogen and oxygen atoms in total. The summed E-state index contributed by atoms with van der Waals surface area (Å²) in [6.45, 7) is 20.9. The first kappa shape index (κ1) is 15.0. The number of hydrogen-bond acceptors (Lipinski definition) is 1. The Bertz CT molecular complexity index is 259. The summed E-state index contributed by atoms with van der Waals surface area (Å²) in [6.07, 6.45) is 0.441. The summed E-state index contributed by atoms with van der Waals surface area (Å²) in [6, 6.07) is 0. The highest BCUT2D eigenvalue weighted by Gasteiger charge is 2.63. The Hall–Kier alpha value is -0.0400. The lowest BCUT2D eigenvalue weighted by molar-refractivity contribution is -0.344. The van der Waals surface area contributed by atoms with E-state index in [9.17, 15) is 0 Å². The van der Waals surface area contributed by atoms with Crippen LogP contribution in [0.3, 0.4) is 0 Å². The summed E-state index contributed by atoms with van der Waals surface area (Å²) in [4.78, 5) is 0. The Morgan fingerprint density at radius 1 is 0.882 bits per heavy atom. The van der Waals surface area contributed by atoms with Crippen LogP contribution in [0.4, 0.5) is 0 Å². The molecule has 102 valence electrons. The van der Waals surface area contributed by atoms with Gasteiger partial charge in [0.25, 0.3) is 0 Å². The van der Waals surface area contributed by atoms with Crippen molar-refractivity contribution < 1.29 is 4.74 Å². The highest BCUT2D eigenvalue weighted by atomic mass is 16.5. The minimum Gasteiger partial charge on any atom is -0.370 e. The van der Waals surface area contributed by atoms with Crippen molar-refractivity contribution in [1.82, 2.24) is 0 Å². The maximum Gasteiger partial charge on any atom is 0.0812 e. The highest BCUT2D eigenvalue weighted by Crippen LogP contribution is 2.58. The predicted molar refractivity (Wildman–Crippen MR) is 75.1 cm³/mol. The Kier molecular flexibility index (Phi) is 4.04. The topological polar surface area (TPSA) is 9.23 Å². The third-order valence-corrected chi connectivity index (χ3v) is 4.59. The normalized spacial score (nSPS) is 34.6. The average Bonchev–Trinajstić information content (AvgIpc) is 1.95. The third-order valence-electron chi connectivity index (χ3n) is 4.59. The fourth-order valence-electron chi connectivity index (χ4n) is 4.04. The van der Waals surface area contributed by atoms with Crippen LogP contribution in [0.25, 0.3) is 0 Å². The van der Waals surface area contributed by atoms with E-state index in [1.54, 1.807) is 0 Å². The molecule has 0 aromatic rings. The summed E-state index contributed by atoms with van der Waals surface area (Å²) in [5, 5.41) is 0. The highest BCUT2D eigenvalue weighted by molar-refractivity contribution is 5.11. The van der Waals surface area contributed by atoms with Crippen molar-refractivity contribution in [2.45, 2.75) is 74.0 Å². The van der Waals surface area contributed by atoms with Gasteiger partial charge in [-0.15, -0.1) is 0 Å². The molecule has 1 fully saturated rings. The molecule has 1 aliphatic rings. The van der Waals surface area contributed by atoms with Crippen LogP contribution in [0.1, 0.15) is 62.3 Å². The van der Waals surface area contributed by atoms with Crippen molar-refractivity contribution >= 4 is 0 Å². The van der Waals surface area contributed by atoms with Gasteiger partial charge in [0.1, 0.15) is 0 Å². The second kappa shape index (κ2) is 4.57. The van der Waals surface area contributed by atoms with Crippen LogP contribution < -0.4 is 0 Å². The zero-order valence-corrected chi connectivity index (χ0v) is 13.3. The lowest BCUT2D eigenvalue weighted by atomic mass is 9.54. The molecule has 0 aromatic carbocycles. The molecule has 3 unspecified atom stereocenters. The lowest BCUT2D eigenvalue weighted by Crippen LogP contribution is -2.71. The molecule has 0 spiro atoms. The smallest absolute Gasteiger partial charge is 0.0812 e. The third kappa shape index (κ3) is 2.16. The van der Waals surface area contributed by atoms with Crippen LogP contribution in [0.15, 0.2) is 0 Å². The monoisotopic (exact) mass is 240 g/mol. The molecule has 1 rings (SSSR count). The Labute approximate surface area is 108 Å². The first-order valence-electron chi connectivity index (χ1n) is 7.23. The fourth-order valence-corrected chi connectivity index (χ4v) is 4.04. The van der Waals surface area contributed by atoms with E-state index in [-0.39, 0.29) is 11.0 Å². The van der Waals surface area contributed by atoms with Crippen molar-refractivity contribution in [2.75, 3.05) is 0 Å². The quantitative estimate of drug-likeness (QED) is 0.691. The molecule has 1 heteroatoms. The van der Waals surface area contributed by atoms with Crippen LogP contribution in [0, 0.1) is 29.1 Å². The van der Waals surface area contributed by atoms with Crippen molar-refractivity contribution in [2.24, 2.45) is 29.1 Å². The Balaban J connectivity index is 3.10. The summed E-state index contributed by atoms with van der Waals surface area (Å²) >= 11 is 0. The molecule has 0 N–H and O–H groups in total. The first-order chi connectivity index (χ1) is 7.55. The van der Waals surface area contributed by atoms with Gasteiger partial charge in [0, 0.05) is 5.92 Å². The summed E-state index contributed by atoms with van der Waals surface area (Å²) in [5.74, 6) is 2.57. The molecule has 0 aromatic heterocycles. The van der Waals surface area contributed by atoms with Gasteiger partial charge in [-0.05, 0) is 23.2 Å². The number of hydrogen-bond donors (Lipinski definition) is 0. The van der Waals surface area contributed by atoms with Gasteiger partial charge in [-0.2, -0.15) is 0 Å². The van der Waals surface area contributed by atoms with Gasteiger partial charge in [-0.1, -0.05) is 62.3 Å². The fraction of sp³-hybridized carbons (Fsp3) is 1.00. The first-order valence-corrected chi connectivity index (χ1v) is 7.23. The van der Waals surface area contributed by atoms with E-state index < -0.39 is 0 Å². The van der Waals surface area contributed by atoms with E-state index in [1.165, 1.54) is 0 Å². The number of ether oxygens (including phenoxy) is 1. The molecule has 0 amide bonds. The molecule has 1 saturated heterocycles. The molecule has 0 aliphatic carbocycles. The summed E-state index contributed by atoms with van der Waals surface area (Å²) < 4.78 is 6.49. The van der Waals surface area contributed by atoms with Crippen LogP contribution in [-0.4, -0.2) is 11.7 Å². The SMILES string of the molecule is CC(C)C1OC(C(C)C)(C(C)(C)C)C1C(C)C. The zero-order valence-electron chi connectivity index (χ0n) is 13.3. The van der Waals surface area contributed by atoms with E-state index in [4.69, 9.17) is 4.74 Å². The van der Waals surface area contributed by atoms with Gasteiger partial charge in [0.15, 0.2) is 0 Å². The predicted octanol–water partition coefficient (Wildman–Crippen LogP) is 4.75.